The molecule has 7 nitrogen and oxygen atoms in total. The molecule has 0 radical (unpaired) electrons. The number of carbonyl (C=O) groups is 2. The van der Waals surface area contributed by atoms with Crippen molar-refractivity contribution in [2.24, 2.45) is 0 Å². The average Bonchev–Trinajstić information content (AvgIpc) is 3.05. The molecule has 0 spiro atoms. The molecule has 1 aromatic carbocycles. The third kappa shape index (κ3) is 3.99. The minimum absolute atomic E-state index is 0.108. The molecule has 0 bridgehead atoms. The molecule has 9 heteroatoms. The smallest absolute Gasteiger partial charge is 0.330 e. The fraction of sp³-hybridized carbons (Fsp3) is 0.500. The van der Waals surface area contributed by atoms with E-state index in [9.17, 15) is 23.1 Å². The molecule has 0 aromatic heterocycles. The number of hydrogen-bond acceptors (Lipinski definition) is 5. The summed E-state index contributed by atoms with van der Waals surface area (Å²) >= 11 is 1.48. The second kappa shape index (κ2) is 7.76. The first kappa shape index (κ1) is 19.7. The zero-order chi connectivity index (χ0) is 18.7. The van der Waals surface area contributed by atoms with E-state index in [1.165, 1.54) is 40.3 Å². The van der Waals surface area contributed by atoms with Crippen LogP contribution in [0.4, 0.5) is 0 Å². The number of aliphatic carboxylic acids is 1. The summed E-state index contributed by atoms with van der Waals surface area (Å²) in [5.74, 6) is -0.570. The molecule has 1 amide bonds. The SMILES string of the molecule is CCN(CC)S(=O)(=O)c1ccc(C(=O)NC2(C(=O)O)CCSC2)cc1. The van der Waals surface area contributed by atoms with Crippen LogP contribution in [0.2, 0.25) is 0 Å². The lowest BCUT2D eigenvalue weighted by Crippen LogP contribution is -2.54. The number of rotatable bonds is 7. The first-order valence-electron chi connectivity index (χ1n) is 8.00. The van der Waals surface area contributed by atoms with Crippen LogP contribution in [0.5, 0.6) is 0 Å². The summed E-state index contributed by atoms with van der Waals surface area (Å²) in [4.78, 5) is 24.0. The second-order valence-electron chi connectivity index (χ2n) is 5.76. The number of hydrogen-bond donors (Lipinski definition) is 2. The zero-order valence-corrected chi connectivity index (χ0v) is 15.8. The van der Waals surface area contributed by atoms with Crippen molar-refractivity contribution in [1.82, 2.24) is 9.62 Å². The zero-order valence-electron chi connectivity index (χ0n) is 14.2. The molecule has 138 valence electrons. The average molecular weight is 386 g/mol. The molecular formula is C16H22N2O5S2. The van der Waals surface area contributed by atoms with Gasteiger partial charge in [0, 0.05) is 24.4 Å². The largest absolute Gasteiger partial charge is 0.479 e. The molecule has 1 aliphatic heterocycles. The lowest BCUT2D eigenvalue weighted by molar-refractivity contribution is -0.143. The third-order valence-electron chi connectivity index (χ3n) is 4.24. The summed E-state index contributed by atoms with van der Waals surface area (Å²) < 4.78 is 26.2. The normalized spacial score (nSPS) is 20.6. The second-order valence-corrected chi connectivity index (χ2v) is 8.80. The number of thioether (sulfide) groups is 1. The Kier molecular flexibility index (Phi) is 6.12. The molecule has 0 saturated carbocycles. The van der Waals surface area contributed by atoms with Crippen molar-refractivity contribution < 1.29 is 23.1 Å². The Bertz CT molecular complexity index is 736. The van der Waals surface area contributed by atoms with E-state index < -0.39 is 27.4 Å². The van der Waals surface area contributed by atoms with Crippen LogP contribution in [0.3, 0.4) is 0 Å². The summed E-state index contributed by atoms with van der Waals surface area (Å²) in [7, 11) is -3.59. The molecular weight excluding hydrogens is 364 g/mol. The molecule has 1 saturated heterocycles. The van der Waals surface area contributed by atoms with Gasteiger partial charge in [-0.1, -0.05) is 13.8 Å². The van der Waals surface area contributed by atoms with E-state index in [1.54, 1.807) is 13.8 Å². The Hall–Kier alpha value is -1.58. The fourth-order valence-corrected chi connectivity index (χ4v) is 5.45. The molecule has 1 fully saturated rings. The van der Waals surface area contributed by atoms with E-state index in [-0.39, 0.29) is 10.5 Å². The topological polar surface area (TPSA) is 104 Å². The van der Waals surface area contributed by atoms with Crippen molar-refractivity contribution in [2.75, 3.05) is 24.6 Å². The van der Waals surface area contributed by atoms with E-state index >= 15 is 0 Å². The molecule has 2 N–H and O–H groups in total. The van der Waals surface area contributed by atoms with Crippen molar-refractivity contribution in [2.45, 2.75) is 30.7 Å². The molecule has 2 rings (SSSR count). The Morgan fingerprint density at radius 3 is 2.28 bits per heavy atom. The Balaban J connectivity index is 2.19. The molecule has 1 aromatic rings. The minimum Gasteiger partial charge on any atom is -0.479 e. The van der Waals surface area contributed by atoms with Gasteiger partial charge < -0.3 is 10.4 Å². The lowest BCUT2D eigenvalue weighted by Gasteiger charge is -2.24. The van der Waals surface area contributed by atoms with Crippen LogP contribution in [0.25, 0.3) is 0 Å². The number of nitrogens with zero attached hydrogens (tertiary/aromatic N) is 1. The van der Waals surface area contributed by atoms with E-state index in [4.69, 9.17) is 0 Å². The van der Waals surface area contributed by atoms with Gasteiger partial charge in [0.2, 0.25) is 10.0 Å². The number of carboxylic acids is 1. The molecule has 1 heterocycles. The van der Waals surface area contributed by atoms with Crippen LogP contribution >= 0.6 is 11.8 Å². The van der Waals surface area contributed by atoms with Crippen molar-refractivity contribution in [1.29, 1.82) is 0 Å². The molecule has 1 unspecified atom stereocenters. The van der Waals surface area contributed by atoms with E-state index in [1.807, 2.05) is 0 Å². The van der Waals surface area contributed by atoms with Crippen molar-refractivity contribution in [3.8, 4) is 0 Å². The monoisotopic (exact) mass is 386 g/mol. The number of sulfonamides is 1. The van der Waals surface area contributed by atoms with Crippen LogP contribution in [-0.2, 0) is 14.8 Å². The van der Waals surface area contributed by atoms with Gasteiger partial charge in [-0.15, -0.1) is 0 Å². The fourth-order valence-electron chi connectivity index (χ4n) is 2.67. The highest BCUT2D eigenvalue weighted by atomic mass is 32.2. The Morgan fingerprint density at radius 1 is 1.24 bits per heavy atom. The van der Waals surface area contributed by atoms with Crippen LogP contribution in [-0.4, -0.2) is 59.8 Å². The predicted octanol–water partition coefficient (Wildman–Crippen LogP) is 1.41. The van der Waals surface area contributed by atoms with Gasteiger partial charge in [-0.2, -0.15) is 16.1 Å². The van der Waals surface area contributed by atoms with Gasteiger partial charge >= 0.3 is 5.97 Å². The van der Waals surface area contributed by atoms with E-state index in [0.29, 0.717) is 31.0 Å². The van der Waals surface area contributed by atoms with Gasteiger partial charge in [0.05, 0.1) is 4.90 Å². The minimum atomic E-state index is -3.59. The summed E-state index contributed by atoms with van der Waals surface area (Å²) in [6.45, 7) is 4.24. The standard InChI is InChI=1S/C16H22N2O5S2/c1-3-18(4-2)25(22,23)13-7-5-12(6-8-13)14(19)17-16(15(20)21)9-10-24-11-16/h5-8H,3-4,9-11H2,1-2H3,(H,17,19)(H,20,21). The predicted molar refractivity (Wildman–Crippen MR) is 96.3 cm³/mol. The van der Waals surface area contributed by atoms with Crippen molar-refractivity contribution in [3.05, 3.63) is 29.8 Å². The Labute approximate surface area is 151 Å². The summed E-state index contributed by atoms with van der Waals surface area (Å²) in [6.07, 6.45) is 0.368. The van der Waals surface area contributed by atoms with E-state index in [0.717, 1.165) is 0 Å². The highest BCUT2D eigenvalue weighted by molar-refractivity contribution is 7.99. The molecule has 1 aliphatic rings. The maximum Gasteiger partial charge on any atom is 0.330 e. The maximum atomic E-state index is 12.4. The molecule has 0 aliphatic carbocycles. The van der Waals surface area contributed by atoms with Gasteiger partial charge in [-0.25, -0.2) is 13.2 Å². The van der Waals surface area contributed by atoms with Gasteiger partial charge in [0.25, 0.3) is 5.91 Å². The highest BCUT2D eigenvalue weighted by Crippen LogP contribution is 2.28. The highest BCUT2D eigenvalue weighted by Gasteiger charge is 2.43. The number of nitrogens with one attached hydrogen (secondary N) is 1. The summed E-state index contributed by atoms with van der Waals surface area (Å²) in [6, 6.07) is 5.56. The van der Waals surface area contributed by atoms with Gasteiger partial charge in [0.1, 0.15) is 5.54 Å². The van der Waals surface area contributed by atoms with Crippen LogP contribution in [0, 0.1) is 0 Å². The Morgan fingerprint density at radius 2 is 1.84 bits per heavy atom. The van der Waals surface area contributed by atoms with Gasteiger partial charge in [0.15, 0.2) is 0 Å². The first-order valence-corrected chi connectivity index (χ1v) is 10.6. The number of amides is 1. The first-order chi connectivity index (χ1) is 11.8. The molecule has 25 heavy (non-hydrogen) atoms. The quantitative estimate of drug-likeness (QED) is 0.734. The van der Waals surface area contributed by atoms with Gasteiger partial charge in [-0.05, 0) is 36.4 Å². The molecule has 1 atom stereocenters. The van der Waals surface area contributed by atoms with Crippen molar-refractivity contribution >= 4 is 33.7 Å². The van der Waals surface area contributed by atoms with Crippen LogP contribution in [0.15, 0.2) is 29.2 Å². The van der Waals surface area contributed by atoms with Crippen LogP contribution in [0.1, 0.15) is 30.6 Å². The van der Waals surface area contributed by atoms with Crippen LogP contribution < -0.4 is 5.32 Å². The summed E-state index contributed by atoms with van der Waals surface area (Å²) in [5, 5.41) is 12.0. The number of carbonyl (C=O) groups excluding carboxylic acids is 1. The number of carboxylic acid groups (broad SMARTS) is 1. The third-order valence-corrected chi connectivity index (χ3v) is 7.50. The summed E-state index contributed by atoms with van der Waals surface area (Å²) in [5.41, 5.74) is -1.02. The maximum absolute atomic E-state index is 12.4. The lowest BCUT2D eigenvalue weighted by atomic mass is 9.98. The number of benzene rings is 1. The van der Waals surface area contributed by atoms with Gasteiger partial charge in [-0.3, -0.25) is 4.79 Å². The van der Waals surface area contributed by atoms with E-state index in [2.05, 4.69) is 5.32 Å². The van der Waals surface area contributed by atoms with Crippen molar-refractivity contribution in [3.63, 3.8) is 0 Å².